The molecule has 1 unspecified atom stereocenters. The molecular formula is C11H21N3O2. The van der Waals surface area contributed by atoms with E-state index in [1.54, 1.807) is 4.90 Å². The molecule has 16 heavy (non-hydrogen) atoms. The Morgan fingerprint density at radius 1 is 1.50 bits per heavy atom. The number of hydrogen-bond donors (Lipinski definition) is 2. The highest BCUT2D eigenvalue weighted by Gasteiger charge is 2.34. The molecule has 1 fully saturated rings. The molecule has 4 N–H and O–H groups in total. The fourth-order valence-corrected chi connectivity index (χ4v) is 2.09. The fraction of sp³-hybridized carbons (Fsp3) is 0.818. The number of hydrogen-bond acceptors (Lipinski definition) is 3. The van der Waals surface area contributed by atoms with Crippen molar-refractivity contribution >= 4 is 11.8 Å². The first-order valence-corrected chi connectivity index (χ1v) is 5.93. The lowest BCUT2D eigenvalue weighted by molar-refractivity contribution is -0.138. The number of unbranched alkanes of at least 4 members (excludes halogenated alkanes) is 1. The molecule has 5 nitrogen and oxygen atoms in total. The fourth-order valence-electron chi connectivity index (χ4n) is 2.09. The molecule has 1 aliphatic rings. The van der Waals surface area contributed by atoms with Crippen LogP contribution in [0.2, 0.25) is 0 Å². The Bertz CT molecular complexity index is 268. The minimum atomic E-state index is -0.486. The summed E-state index contributed by atoms with van der Waals surface area (Å²) in [6, 6.07) is -0.930. The van der Waals surface area contributed by atoms with Crippen LogP contribution in [0.15, 0.2) is 0 Å². The lowest BCUT2D eigenvalue weighted by Crippen LogP contribution is -2.50. The van der Waals surface area contributed by atoms with Crippen molar-refractivity contribution in [2.24, 2.45) is 11.5 Å². The van der Waals surface area contributed by atoms with E-state index in [0.717, 1.165) is 19.3 Å². The molecule has 0 saturated carbocycles. The quantitative estimate of drug-likeness (QED) is 0.691. The molecule has 0 aromatic carbocycles. The van der Waals surface area contributed by atoms with Crippen molar-refractivity contribution < 1.29 is 9.59 Å². The minimum Gasteiger partial charge on any atom is -0.368 e. The van der Waals surface area contributed by atoms with Crippen LogP contribution in [-0.2, 0) is 9.59 Å². The monoisotopic (exact) mass is 227 g/mol. The maximum absolute atomic E-state index is 12.0. The third kappa shape index (κ3) is 2.95. The zero-order valence-corrected chi connectivity index (χ0v) is 9.82. The number of nitrogens with two attached hydrogens (primary N) is 2. The average molecular weight is 227 g/mol. The van der Waals surface area contributed by atoms with Gasteiger partial charge in [0, 0.05) is 6.54 Å². The molecule has 0 bridgehead atoms. The van der Waals surface area contributed by atoms with Crippen LogP contribution in [-0.4, -0.2) is 35.3 Å². The normalized spacial score (nSPS) is 22.1. The first-order chi connectivity index (χ1) is 7.57. The standard InChI is InChI=1S/C11H21N3O2/c1-2-3-5-8(12)11(16)14-7-4-6-9(14)10(13)15/h8-9H,2-7,12H2,1H3,(H2,13,15)/t8-,9?/m0/s1. The van der Waals surface area contributed by atoms with Crippen molar-refractivity contribution in [2.45, 2.75) is 51.1 Å². The van der Waals surface area contributed by atoms with Gasteiger partial charge in [0.1, 0.15) is 6.04 Å². The van der Waals surface area contributed by atoms with Gasteiger partial charge in [0.25, 0.3) is 0 Å². The van der Waals surface area contributed by atoms with Crippen LogP contribution < -0.4 is 11.5 Å². The zero-order valence-electron chi connectivity index (χ0n) is 9.82. The van der Waals surface area contributed by atoms with Crippen molar-refractivity contribution in [3.8, 4) is 0 Å². The molecule has 1 heterocycles. The SMILES string of the molecule is CCCC[C@H](N)C(=O)N1CCCC1C(N)=O. The molecule has 92 valence electrons. The van der Waals surface area contributed by atoms with Gasteiger partial charge in [-0.25, -0.2) is 0 Å². The largest absolute Gasteiger partial charge is 0.368 e. The van der Waals surface area contributed by atoms with E-state index in [-0.39, 0.29) is 5.91 Å². The Morgan fingerprint density at radius 3 is 2.75 bits per heavy atom. The van der Waals surface area contributed by atoms with E-state index in [1.165, 1.54) is 0 Å². The van der Waals surface area contributed by atoms with Crippen molar-refractivity contribution in [2.75, 3.05) is 6.54 Å². The summed E-state index contributed by atoms with van der Waals surface area (Å²) >= 11 is 0. The molecule has 0 aromatic heterocycles. The smallest absolute Gasteiger partial charge is 0.240 e. The van der Waals surface area contributed by atoms with Crippen LogP contribution in [0.1, 0.15) is 39.0 Å². The van der Waals surface area contributed by atoms with Crippen molar-refractivity contribution in [3.63, 3.8) is 0 Å². The maximum Gasteiger partial charge on any atom is 0.240 e. The second kappa shape index (κ2) is 5.84. The van der Waals surface area contributed by atoms with Gasteiger partial charge in [-0.15, -0.1) is 0 Å². The van der Waals surface area contributed by atoms with E-state index in [1.807, 2.05) is 0 Å². The van der Waals surface area contributed by atoms with E-state index < -0.39 is 18.0 Å². The molecule has 0 spiro atoms. The molecule has 0 aromatic rings. The molecule has 1 saturated heterocycles. The summed E-state index contributed by atoms with van der Waals surface area (Å²) in [7, 11) is 0. The molecule has 0 aliphatic carbocycles. The average Bonchev–Trinajstić information content (AvgIpc) is 2.73. The molecule has 1 aliphatic heterocycles. The highest BCUT2D eigenvalue weighted by atomic mass is 16.2. The topological polar surface area (TPSA) is 89.4 Å². The Morgan fingerprint density at radius 2 is 2.19 bits per heavy atom. The Hall–Kier alpha value is -1.10. The molecule has 0 radical (unpaired) electrons. The first-order valence-electron chi connectivity index (χ1n) is 5.93. The summed E-state index contributed by atoms with van der Waals surface area (Å²) < 4.78 is 0. The second-order valence-electron chi connectivity index (χ2n) is 4.34. The van der Waals surface area contributed by atoms with Crippen LogP contribution in [0.4, 0.5) is 0 Å². The van der Waals surface area contributed by atoms with Gasteiger partial charge in [-0.1, -0.05) is 19.8 Å². The number of carbonyl (C=O) groups excluding carboxylic acids is 2. The van der Waals surface area contributed by atoms with Crippen LogP contribution in [0, 0.1) is 0 Å². The third-order valence-corrected chi connectivity index (χ3v) is 3.05. The highest BCUT2D eigenvalue weighted by Crippen LogP contribution is 2.18. The van der Waals surface area contributed by atoms with Crippen LogP contribution in [0.25, 0.3) is 0 Å². The van der Waals surface area contributed by atoms with Crippen molar-refractivity contribution in [1.29, 1.82) is 0 Å². The molecule has 2 atom stereocenters. The highest BCUT2D eigenvalue weighted by molar-refractivity contribution is 5.89. The van der Waals surface area contributed by atoms with Crippen molar-refractivity contribution in [1.82, 2.24) is 4.90 Å². The van der Waals surface area contributed by atoms with Crippen LogP contribution in [0.3, 0.4) is 0 Å². The number of carbonyl (C=O) groups is 2. The molecule has 2 amide bonds. The third-order valence-electron chi connectivity index (χ3n) is 3.05. The second-order valence-corrected chi connectivity index (χ2v) is 4.34. The summed E-state index contributed by atoms with van der Waals surface area (Å²) in [4.78, 5) is 24.6. The Balaban J connectivity index is 2.55. The maximum atomic E-state index is 12.0. The van der Waals surface area contributed by atoms with Gasteiger partial charge < -0.3 is 16.4 Å². The van der Waals surface area contributed by atoms with E-state index in [9.17, 15) is 9.59 Å². The summed E-state index contributed by atoms with van der Waals surface area (Å²) in [5.41, 5.74) is 11.1. The van der Waals surface area contributed by atoms with Gasteiger partial charge in [0.2, 0.25) is 11.8 Å². The van der Waals surface area contributed by atoms with Gasteiger partial charge in [-0.05, 0) is 19.3 Å². The summed E-state index contributed by atoms with van der Waals surface area (Å²) in [5, 5.41) is 0. The lowest BCUT2D eigenvalue weighted by atomic mass is 10.1. The number of primary amides is 1. The summed E-state index contributed by atoms with van der Waals surface area (Å²) in [6.45, 7) is 2.66. The minimum absolute atomic E-state index is 0.130. The van der Waals surface area contributed by atoms with E-state index in [2.05, 4.69) is 6.92 Å². The number of rotatable bonds is 5. The number of nitrogens with zero attached hydrogens (tertiary/aromatic N) is 1. The van der Waals surface area contributed by atoms with Crippen molar-refractivity contribution in [3.05, 3.63) is 0 Å². The lowest BCUT2D eigenvalue weighted by Gasteiger charge is -2.25. The first kappa shape index (κ1) is 13.0. The predicted octanol–water partition coefficient (Wildman–Crippen LogP) is -0.0198. The number of amides is 2. The summed E-state index contributed by atoms with van der Waals surface area (Å²) in [5.74, 6) is -0.553. The summed E-state index contributed by atoms with van der Waals surface area (Å²) in [6.07, 6.45) is 4.13. The predicted molar refractivity (Wildman–Crippen MR) is 61.4 cm³/mol. The van der Waals surface area contributed by atoms with E-state index >= 15 is 0 Å². The van der Waals surface area contributed by atoms with Gasteiger partial charge in [0.05, 0.1) is 6.04 Å². The van der Waals surface area contributed by atoms with Gasteiger partial charge in [0.15, 0.2) is 0 Å². The van der Waals surface area contributed by atoms with Gasteiger partial charge >= 0.3 is 0 Å². The molecule has 1 rings (SSSR count). The Labute approximate surface area is 96.1 Å². The number of likely N-dealkylation sites (tertiary alicyclic amines) is 1. The molecular weight excluding hydrogens is 206 g/mol. The van der Waals surface area contributed by atoms with Gasteiger partial charge in [-0.2, -0.15) is 0 Å². The van der Waals surface area contributed by atoms with E-state index in [0.29, 0.717) is 19.4 Å². The molecule has 5 heteroatoms. The van der Waals surface area contributed by atoms with Crippen LogP contribution >= 0.6 is 0 Å². The zero-order chi connectivity index (χ0) is 12.1. The van der Waals surface area contributed by atoms with E-state index in [4.69, 9.17) is 11.5 Å². The van der Waals surface area contributed by atoms with Gasteiger partial charge in [-0.3, -0.25) is 9.59 Å². The van der Waals surface area contributed by atoms with Crippen LogP contribution in [0.5, 0.6) is 0 Å². The Kier molecular flexibility index (Phi) is 4.73.